The third-order valence-corrected chi connectivity index (χ3v) is 2.32. The maximum atomic E-state index is 11.5. The number of allylic oxidation sites excluding steroid dienone is 1. The van der Waals surface area contributed by atoms with Gasteiger partial charge in [-0.1, -0.05) is 6.08 Å². The molecule has 0 N–H and O–H groups in total. The van der Waals surface area contributed by atoms with Gasteiger partial charge in [-0.25, -0.2) is 4.79 Å². The zero-order valence-corrected chi connectivity index (χ0v) is 9.27. The molecule has 0 bridgehead atoms. The molecular weight excluding hydrogens is 212 g/mol. The Morgan fingerprint density at radius 2 is 1.88 bits per heavy atom. The monoisotopic (exact) mass is 224 g/mol. The van der Waals surface area contributed by atoms with E-state index in [-0.39, 0.29) is 5.57 Å². The van der Waals surface area contributed by atoms with Crippen molar-refractivity contribution in [3.05, 3.63) is 23.8 Å². The SMILES string of the molecule is COC(=O)C1=CC(C)(C(=O)OC)C=CC1=O. The van der Waals surface area contributed by atoms with Crippen molar-refractivity contribution >= 4 is 17.7 Å². The zero-order chi connectivity index (χ0) is 12.3. The minimum absolute atomic E-state index is 0.155. The standard InChI is InChI=1S/C11H12O5/c1-11(10(14)16-3)5-4-8(12)7(6-11)9(13)15-2/h4-6H,1-3H3. The second kappa shape index (κ2) is 4.30. The highest BCUT2D eigenvalue weighted by Crippen LogP contribution is 2.28. The van der Waals surface area contributed by atoms with Crippen molar-refractivity contribution in [1.29, 1.82) is 0 Å². The van der Waals surface area contributed by atoms with Gasteiger partial charge in [0.15, 0.2) is 5.78 Å². The molecule has 1 aliphatic carbocycles. The average molecular weight is 224 g/mol. The molecule has 1 unspecified atom stereocenters. The highest BCUT2D eigenvalue weighted by atomic mass is 16.5. The van der Waals surface area contributed by atoms with Crippen LogP contribution in [0.25, 0.3) is 0 Å². The summed E-state index contributed by atoms with van der Waals surface area (Å²) in [4.78, 5) is 34.1. The van der Waals surface area contributed by atoms with Crippen LogP contribution in [0, 0.1) is 5.41 Å². The van der Waals surface area contributed by atoms with E-state index >= 15 is 0 Å². The van der Waals surface area contributed by atoms with Crippen molar-refractivity contribution in [3.8, 4) is 0 Å². The number of carbonyl (C=O) groups is 3. The average Bonchev–Trinajstić information content (AvgIpc) is 2.30. The van der Waals surface area contributed by atoms with Crippen LogP contribution in [0.3, 0.4) is 0 Å². The molecule has 0 aromatic carbocycles. The summed E-state index contributed by atoms with van der Waals surface area (Å²) in [6.07, 6.45) is 3.82. The lowest BCUT2D eigenvalue weighted by Gasteiger charge is -2.22. The summed E-state index contributed by atoms with van der Waals surface area (Å²) in [6, 6.07) is 0. The number of hydrogen-bond acceptors (Lipinski definition) is 5. The first-order chi connectivity index (χ1) is 7.44. The maximum Gasteiger partial charge on any atom is 0.341 e. The third kappa shape index (κ3) is 2.03. The molecule has 1 aliphatic rings. The minimum Gasteiger partial charge on any atom is -0.468 e. The van der Waals surface area contributed by atoms with Gasteiger partial charge in [0.05, 0.1) is 14.2 Å². The molecule has 5 nitrogen and oxygen atoms in total. The summed E-state index contributed by atoms with van der Waals surface area (Å²) >= 11 is 0. The maximum absolute atomic E-state index is 11.5. The molecule has 0 heterocycles. The molecule has 0 fully saturated rings. The summed E-state index contributed by atoms with van der Waals surface area (Å²) in [5.41, 5.74) is -1.26. The molecule has 0 spiro atoms. The molecule has 1 rings (SSSR count). The van der Waals surface area contributed by atoms with Crippen LogP contribution < -0.4 is 0 Å². The molecule has 5 heteroatoms. The fourth-order valence-corrected chi connectivity index (χ4v) is 1.37. The van der Waals surface area contributed by atoms with Gasteiger partial charge in [0, 0.05) is 0 Å². The molecule has 0 aromatic heterocycles. The number of carbonyl (C=O) groups excluding carboxylic acids is 3. The Balaban J connectivity index is 3.14. The van der Waals surface area contributed by atoms with E-state index in [4.69, 9.17) is 0 Å². The summed E-state index contributed by atoms with van der Waals surface area (Å²) in [6.45, 7) is 1.55. The molecular formula is C11H12O5. The molecule has 0 radical (unpaired) electrons. The number of ketones is 1. The third-order valence-electron chi connectivity index (χ3n) is 2.32. The van der Waals surface area contributed by atoms with E-state index in [1.165, 1.54) is 32.4 Å². The Hall–Kier alpha value is -1.91. The van der Waals surface area contributed by atoms with Crippen molar-refractivity contribution in [3.63, 3.8) is 0 Å². The first-order valence-electron chi connectivity index (χ1n) is 4.58. The van der Waals surface area contributed by atoms with Gasteiger partial charge < -0.3 is 9.47 Å². The fraction of sp³-hybridized carbons (Fsp3) is 0.364. The van der Waals surface area contributed by atoms with Gasteiger partial charge >= 0.3 is 11.9 Å². The van der Waals surface area contributed by atoms with E-state index in [1.807, 2.05) is 0 Å². The topological polar surface area (TPSA) is 69.7 Å². The molecule has 0 saturated carbocycles. The lowest BCUT2D eigenvalue weighted by Crippen LogP contribution is -2.30. The van der Waals surface area contributed by atoms with E-state index in [2.05, 4.69) is 9.47 Å². The van der Waals surface area contributed by atoms with Crippen molar-refractivity contribution in [2.75, 3.05) is 14.2 Å². The van der Waals surface area contributed by atoms with Crippen LogP contribution in [-0.2, 0) is 23.9 Å². The number of esters is 2. The van der Waals surface area contributed by atoms with E-state index in [9.17, 15) is 14.4 Å². The van der Waals surface area contributed by atoms with Gasteiger partial charge in [-0.15, -0.1) is 0 Å². The van der Waals surface area contributed by atoms with E-state index in [1.54, 1.807) is 6.92 Å². The molecule has 16 heavy (non-hydrogen) atoms. The summed E-state index contributed by atoms with van der Waals surface area (Å²) in [5.74, 6) is -1.78. The lowest BCUT2D eigenvalue weighted by molar-refractivity contribution is -0.146. The van der Waals surface area contributed by atoms with Crippen LogP contribution in [0.2, 0.25) is 0 Å². The summed E-state index contributed by atoms with van der Waals surface area (Å²) in [7, 11) is 2.41. The van der Waals surface area contributed by atoms with Crippen LogP contribution in [0.1, 0.15) is 6.92 Å². The lowest BCUT2D eigenvalue weighted by atomic mass is 9.83. The van der Waals surface area contributed by atoms with Crippen molar-refractivity contribution in [2.24, 2.45) is 5.41 Å². The zero-order valence-electron chi connectivity index (χ0n) is 9.27. The van der Waals surface area contributed by atoms with Gasteiger partial charge in [0.25, 0.3) is 0 Å². The van der Waals surface area contributed by atoms with Crippen molar-refractivity contribution < 1.29 is 23.9 Å². The van der Waals surface area contributed by atoms with Gasteiger partial charge in [0.1, 0.15) is 11.0 Å². The first kappa shape index (κ1) is 12.2. The van der Waals surface area contributed by atoms with Gasteiger partial charge in [0.2, 0.25) is 0 Å². The Morgan fingerprint density at radius 3 is 2.38 bits per heavy atom. The number of hydrogen-bond donors (Lipinski definition) is 0. The predicted octanol–water partition coefficient (Wildman–Crippen LogP) is 0.404. The van der Waals surface area contributed by atoms with Crippen LogP contribution in [0.4, 0.5) is 0 Å². The largest absolute Gasteiger partial charge is 0.468 e. The highest BCUT2D eigenvalue weighted by molar-refractivity contribution is 6.23. The van der Waals surface area contributed by atoms with Crippen molar-refractivity contribution in [2.45, 2.75) is 6.92 Å². The Morgan fingerprint density at radius 1 is 1.25 bits per heavy atom. The number of rotatable bonds is 2. The number of methoxy groups -OCH3 is 2. The van der Waals surface area contributed by atoms with Crippen LogP contribution in [-0.4, -0.2) is 31.9 Å². The van der Waals surface area contributed by atoms with Crippen LogP contribution in [0.5, 0.6) is 0 Å². The van der Waals surface area contributed by atoms with Gasteiger partial charge in [-0.05, 0) is 19.1 Å². The fourth-order valence-electron chi connectivity index (χ4n) is 1.37. The normalized spacial score (nSPS) is 23.7. The molecule has 86 valence electrons. The van der Waals surface area contributed by atoms with Gasteiger partial charge in [-0.3, -0.25) is 9.59 Å². The summed E-state index contributed by atoms with van der Waals surface area (Å²) in [5, 5.41) is 0. The second-order valence-corrected chi connectivity index (χ2v) is 3.52. The van der Waals surface area contributed by atoms with E-state index in [0.29, 0.717) is 0 Å². The smallest absolute Gasteiger partial charge is 0.341 e. The van der Waals surface area contributed by atoms with E-state index in [0.717, 1.165) is 0 Å². The summed E-state index contributed by atoms with van der Waals surface area (Å²) < 4.78 is 9.04. The molecule has 0 aromatic rings. The molecule has 0 aliphatic heterocycles. The van der Waals surface area contributed by atoms with Crippen LogP contribution >= 0.6 is 0 Å². The first-order valence-corrected chi connectivity index (χ1v) is 4.58. The predicted molar refractivity (Wildman–Crippen MR) is 54.4 cm³/mol. The molecule has 0 amide bonds. The molecule has 1 atom stereocenters. The van der Waals surface area contributed by atoms with Gasteiger partial charge in [-0.2, -0.15) is 0 Å². The van der Waals surface area contributed by atoms with Crippen molar-refractivity contribution in [1.82, 2.24) is 0 Å². The Bertz CT molecular complexity index is 405. The van der Waals surface area contributed by atoms with E-state index < -0.39 is 23.1 Å². The second-order valence-electron chi connectivity index (χ2n) is 3.52. The molecule has 0 saturated heterocycles. The van der Waals surface area contributed by atoms with Crippen LogP contribution in [0.15, 0.2) is 23.8 Å². The highest BCUT2D eigenvalue weighted by Gasteiger charge is 2.35. The minimum atomic E-state index is -1.10. The number of ether oxygens (including phenoxy) is 2. The Labute approximate surface area is 92.7 Å². The Kier molecular flexibility index (Phi) is 3.27. The quantitative estimate of drug-likeness (QED) is 0.501.